The summed E-state index contributed by atoms with van der Waals surface area (Å²) in [5.41, 5.74) is 1.73. The Hall–Kier alpha value is -4.96. The molecule has 0 radical (unpaired) electrons. The van der Waals surface area contributed by atoms with Crippen molar-refractivity contribution in [2.75, 3.05) is 26.2 Å². The van der Waals surface area contributed by atoms with Crippen molar-refractivity contribution in [3.8, 4) is 0 Å². The van der Waals surface area contributed by atoms with Crippen LogP contribution in [0.3, 0.4) is 0 Å². The molecule has 0 spiro atoms. The van der Waals surface area contributed by atoms with Crippen LogP contribution in [0.1, 0.15) is 72.1 Å². The highest BCUT2D eigenvalue weighted by Crippen LogP contribution is 2.28. The van der Waals surface area contributed by atoms with Gasteiger partial charge in [0.25, 0.3) is 5.91 Å². The van der Waals surface area contributed by atoms with E-state index < -0.39 is 11.7 Å². The molecule has 2 atom stereocenters. The number of rotatable bonds is 16. The minimum atomic E-state index is -1.64. The monoisotopic (exact) mass is 680 g/mol. The summed E-state index contributed by atoms with van der Waals surface area (Å²) in [4.78, 5) is 44.7. The number of benzene rings is 3. The Balaban J connectivity index is 1.12. The second-order valence-electron chi connectivity index (χ2n) is 13.3. The average molecular weight is 681 g/mol. The Labute approximate surface area is 294 Å². The average Bonchev–Trinajstić information content (AvgIpc) is 3.65. The van der Waals surface area contributed by atoms with E-state index in [0.29, 0.717) is 38.4 Å². The van der Waals surface area contributed by atoms with Crippen molar-refractivity contribution in [2.45, 2.75) is 64.1 Å². The van der Waals surface area contributed by atoms with Gasteiger partial charge in [-0.05, 0) is 67.1 Å². The third-order valence-electron chi connectivity index (χ3n) is 9.29. The summed E-state index contributed by atoms with van der Waals surface area (Å²) < 4.78 is 11.0. The largest absolute Gasteiger partial charge is 0.445 e. The maximum absolute atomic E-state index is 13.4. The van der Waals surface area contributed by atoms with E-state index in [1.165, 1.54) is 11.8 Å². The minimum absolute atomic E-state index is 0.00214. The number of nitrogens with one attached hydrogen (secondary N) is 2. The SMILES string of the molecule is CC(CCNC(=O)OCc1ccccc1)CC(=O)NCC(O)(CCc1ccccc1)c1nc(C(=O)N2CCC(Cc3ccccc3)CC2)co1. The van der Waals surface area contributed by atoms with Crippen LogP contribution in [0.2, 0.25) is 0 Å². The van der Waals surface area contributed by atoms with Gasteiger partial charge in [-0.1, -0.05) is 97.9 Å². The molecule has 3 amide bonds. The third-order valence-corrected chi connectivity index (χ3v) is 9.29. The molecule has 10 nitrogen and oxygen atoms in total. The van der Waals surface area contributed by atoms with Crippen molar-refractivity contribution in [3.05, 3.63) is 126 Å². The van der Waals surface area contributed by atoms with Gasteiger partial charge in [0.05, 0.1) is 6.54 Å². The molecular formula is C40H48N4O6. The summed E-state index contributed by atoms with van der Waals surface area (Å²) in [5, 5.41) is 17.5. The third kappa shape index (κ3) is 11.0. The molecule has 264 valence electrons. The number of alkyl carbamates (subject to hydrolysis) is 1. The number of aliphatic hydroxyl groups is 1. The molecule has 0 saturated carbocycles. The predicted molar refractivity (Wildman–Crippen MR) is 190 cm³/mol. The van der Waals surface area contributed by atoms with E-state index in [0.717, 1.165) is 30.4 Å². The van der Waals surface area contributed by atoms with Crippen molar-refractivity contribution < 1.29 is 28.6 Å². The van der Waals surface area contributed by atoms with Crippen LogP contribution in [0.25, 0.3) is 0 Å². The van der Waals surface area contributed by atoms with Crippen LogP contribution >= 0.6 is 0 Å². The van der Waals surface area contributed by atoms with Gasteiger partial charge in [0.15, 0.2) is 11.3 Å². The van der Waals surface area contributed by atoms with Crippen LogP contribution in [0.5, 0.6) is 0 Å². The molecule has 50 heavy (non-hydrogen) atoms. The molecule has 1 aromatic heterocycles. The molecule has 2 unspecified atom stereocenters. The van der Waals surface area contributed by atoms with Gasteiger partial charge in [-0.2, -0.15) is 0 Å². The summed E-state index contributed by atoms with van der Waals surface area (Å²) in [6.07, 6.45) is 5.12. The van der Waals surface area contributed by atoms with Crippen molar-refractivity contribution in [1.29, 1.82) is 0 Å². The van der Waals surface area contributed by atoms with Gasteiger partial charge in [0.1, 0.15) is 12.9 Å². The Morgan fingerprint density at radius 3 is 2.20 bits per heavy atom. The summed E-state index contributed by atoms with van der Waals surface area (Å²) in [6.45, 7) is 3.61. The molecule has 1 saturated heterocycles. The molecule has 5 rings (SSSR count). The standard InChI is InChI=1S/C40H48N4O6/c1-30(18-22-41-39(47)50-27-34-15-9-4-10-16-34)25-36(45)42-29-40(48,21-17-31-11-5-2-6-12-31)38-43-35(28-49-38)37(46)44-23-19-33(20-24-44)26-32-13-7-3-8-14-32/h2-16,28,30,33,48H,17-27,29H2,1H3,(H,41,47)(H,42,45). The number of nitrogens with zero attached hydrogens (tertiary/aromatic N) is 2. The number of amides is 3. The lowest BCUT2D eigenvalue weighted by Crippen LogP contribution is -2.42. The van der Waals surface area contributed by atoms with Crippen LogP contribution in [0.15, 0.2) is 102 Å². The highest BCUT2D eigenvalue weighted by molar-refractivity contribution is 5.92. The summed E-state index contributed by atoms with van der Waals surface area (Å²) in [7, 11) is 0. The van der Waals surface area contributed by atoms with Crippen LogP contribution in [-0.4, -0.2) is 59.1 Å². The zero-order valence-electron chi connectivity index (χ0n) is 28.8. The number of hydrogen-bond donors (Lipinski definition) is 3. The number of hydrogen-bond acceptors (Lipinski definition) is 7. The van der Waals surface area contributed by atoms with Gasteiger partial charge >= 0.3 is 6.09 Å². The van der Waals surface area contributed by atoms with Gasteiger partial charge in [0.2, 0.25) is 11.8 Å². The molecule has 1 aliphatic rings. The number of piperidine rings is 1. The summed E-state index contributed by atoms with van der Waals surface area (Å²) in [5.74, 6) is 0.0101. The fraction of sp³-hybridized carbons (Fsp3) is 0.400. The van der Waals surface area contributed by atoms with E-state index in [-0.39, 0.29) is 55.3 Å². The van der Waals surface area contributed by atoms with Gasteiger partial charge < -0.3 is 29.8 Å². The first-order valence-corrected chi connectivity index (χ1v) is 17.5. The number of carbonyl (C=O) groups is 3. The summed E-state index contributed by atoms with van der Waals surface area (Å²) in [6, 6.07) is 29.6. The topological polar surface area (TPSA) is 134 Å². The van der Waals surface area contributed by atoms with Crippen molar-refractivity contribution in [2.24, 2.45) is 11.8 Å². The number of ether oxygens (including phenoxy) is 1. The Bertz CT molecular complexity index is 1640. The molecule has 2 heterocycles. The van der Waals surface area contributed by atoms with Crippen molar-refractivity contribution >= 4 is 17.9 Å². The molecule has 1 aliphatic heterocycles. The van der Waals surface area contributed by atoms with Gasteiger partial charge in [-0.15, -0.1) is 0 Å². The lowest BCUT2D eigenvalue weighted by molar-refractivity contribution is -0.123. The Kier molecular flexibility index (Phi) is 13.2. The van der Waals surface area contributed by atoms with E-state index in [1.807, 2.05) is 73.7 Å². The van der Waals surface area contributed by atoms with E-state index in [4.69, 9.17) is 9.15 Å². The van der Waals surface area contributed by atoms with Crippen LogP contribution in [0, 0.1) is 11.8 Å². The molecule has 0 bridgehead atoms. The lowest BCUT2D eigenvalue weighted by atomic mass is 9.90. The Morgan fingerprint density at radius 2 is 1.54 bits per heavy atom. The molecular weight excluding hydrogens is 632 g/mol. The first-order valence-electron chi connectivity index (χ1n) is 17.5. The quantitative estimate of drug-likeness (QED) is 0.131. The molecule has 3 N–H and O–H groups in total. The van der Waals surface area contributed by atoms with Crippen molar-refractivity contribution in [1.82, 2.24) is 20.5 Å². The molecule has 3 aromatic carbocycles. The first kappa shape index (κ1) is 36.3. The summed E-state index contributed by atoms with van der Waals surface area (Å²) >= 11 is 0. The fourth-order valence-corrected chi connectivity index (χ4v) is 6.23. The van der Waals surface area contributed by atoms with Crippen LogP contribution < -0.4 is 10.6 Å². The number of aryl methyl sites for hydroxylation is 1. The smallest absolute Gasteiger partial charge is 0.407 e. The maximum atomic E-state index is 13.4. The minimum Gasteiger partial charge on any atom is -0.445 e. The van der Waals surface area contributed by atoms with Crippen LogP contribution in [0.4, 0.5) is 4.79 Å². The molecule has 10 heteroatoms. The van der Waals surface area contributed by atoms with E-state index in [1.54, 1.807) is 4.90 Å². The van der Waals surface area contributed by atoms with Crippen molar-refractivity contribution in [3.63, 3.8) is 0 Å². The van der Waals surface area contributed by atoms with E-state index in [9.17, 15) is 19.5 Å². The lowest BCUT2D eigenvalue weighted by Gasteiger charge is -2.31. The number of likely N-dealkylation sites (tertiary alicyclic amines) is 1. The highest BCUT2D eigenvalue weighted by atomic mass is 16.5. The van der Waals surface area contributed by atoms with Gasteiger partial charge in [0, 0.05) is 26.1 Å². The highest BCUT2D eigenvalue weighted by Gasteiger charge is 2.36. The number of aromatic nitrogens is 1. The molecule has 1 fully saturated rings. The number of oxazole rings is 1. The van der Waals surface area contributed by atoms with Crippen LogP contribution in [-0.2, 0) is 34.6 Å². The number of carbonyl (C=O) groups excluding carboxylic acids is 3. The van der Waals surface area contributed by atoms with Gasteiger partial charge in [-0.3, -0.25) is 9.59 Å². The fourth-order valence-electron chi connectivity index (χ4n) is 6.23. The Morgan fingerprint density at radius 1 is 0.920 bits per heavy atom. The zero-order chi connectivity index (χ0) is 35.2. The first-order chi connectivity index (χ1) is 24.3. The normalized spacial score (nSPS) is 15.1. The van der Waals surface area contributed by atoms with Gasteiger partial charge in [-0.25, -0.2) is 9.78 Å². The predicted octanol–water partition coefficient (Wildman–Crippen LogP) is 6.05. The van der Waals surface area contributed by atoms with E-state index in [2.05, 4.69) is 39.9 Å². The second-order valence-corrected chi connectivity index (χ2v) is 13.3. The van der Waals surface area contributed by atoms with E-state index >= 15 is 0 Å². The maximum Gasteiger partial charge on any atom is 0.407 e. The second kappa shape index (κ2) is 18.2. The molecule has 4 aromatic rings. The molecule has 0 aliphatic carbocycles. The zero-order valence-corrected chi connectivity index (χ0v) is 28.8.